The van der Waals surface area contributed by atoms with Crippen LogP contribution in [-0.4, -0.2) is 6.61 Å². The third-order valence-corrected chi connectivity index (χ3v) is 2.33. The first-order valence-corrected chi connectivity index (χ1v) is 5.19. The van der Waals surface area contributed by atoms with E-state index in [2.05, 4.69) is 39.8 Å². The second-order valence-electron chi connectivity index (χ2n) is 4.66. The zero-order chi connectivity index (χ0) is 10.8. The van der Waals surface area contributed by atoms with Crippen molar-refractivity contribution in [3.05, 3.63) is 29.3 Å². The minimum absolute atomic E-state index is 0.192. The molecule has 1 heteroatoms. The van der Waals surface area contributed by atoms with Gasteiger partial charge in [-0.25, -0.2) is 0 Å². The minimum atomic E-state index is 0.192. The lowest BCUT2D eigenvalue weighted by Crippen LogP contribution is -2.13. The highest BCUT2D eigenvalue weighted by Crippen LogP contribution is 2.28. The largest absolute Gasteiger partial charge is 0.494 e. The van der Waals surface area contributed by atoms with E-state index in [1.807, 2.05) is 13.0 Å². The summed E-state index contributed by atoms with van der Waals surface area (Å²) in [6.07, 6.45) is 0. The van der Waals surface area contributed by atoms with Gasteiger partial charge >= 0.3 is 0 Å². The lowest BCUT2D eigenvalue weighted by molar-refractivity contribution is 0.339. The van der Waals surface area contributed by atoms with Crippen molar-refractivity contribution >= 4 is 0 Å². The van der Waals surface area contributed by atoms with E-state index in [0.29, 0.717) is 0 Å². The fourth-order valence-electron chi connectivity index (χ4n) is 1.67. The number of ether oxygens (including phenoxy) is 1. The summed E-state index contributed by atoms with van der Waals surface area (Å²) in [7, 11) is 0. The quantitative estimate of drug-likeness (QED) is 0.694. The van der Waals surface area contributed by atoms with Gasteiger partial charge in [0, 0.05) is 0 Å². The number of hydrogen-bond donors (Lipinski definition) is 0. The molecule has 0 unspecified atom stereocenters. The number of hydrogen-bond acceptors (Lipinski definition) is 1. The highest BCUT2D eigenvalue weighted by Gasteiger charge is 2.16. The first-order chi connectivity index (χ1) is 6.45. The minimum Gasteiger partial charge on any atom is -0.494 e. The molecule has 1 rings (SSSR count). The zero-order valence-electron chi connectivity index (χ0n) is 9.85. The lowest BCUT2D eigenvalue weighted by atomic mass is 9.84. The molecule has 0 amide bonds. The van der Waals surface area contributed by atoms with E-state index in [1.165, 1.54) is 11.1 Å². The summed E-state index contributed by atoms with van der Waals surface area (Å²) in [5.74, 6) is 0.975. The first-order valence-electron chi connectivity index (χ1n) is 5.19. The molecule has 0 N–H and O–H groups in total. The van der Waals surface area contributed by atoms with Crippen LogP contribution in [0.1, 0.15) is 38.8 Å². The van der Waals surface area contributed by atoms with Gasteiger partial charge in [-0.3, -0.25) is 0 Å². The Hall–Kier alpha value is -0.980. The van der Waals surface area contributed by atoms with Crippen molar-refractivity contribution in [1.29, 1.82) is 0 Å². The fourth-order valence-corrected chi connectivity index (χ4v) is 1.67. The second kappa shape index (κ2) is 4.04. The van der Waals surface area contributed by atoms with Gasteiger partial charge in [-0.05, 0) is 42.5 Å². The molecule has 1 nitrogen and oxygen atoms in total. The highest BCUT2D eigenvalue weighted by molar-refractivity contribution is 5.38. The van der Waals surface area contributed by atoms with Gasteiger partial charge in [0.05, 0.1) is 6.61 Å². The van der Waals surface area contributed by atoms with Gasteiger partial charge in [-0.15, -0.1) is 0 Å². The Kier molecular flexibility index (Phi) is 3.20. The van der Waals surface area contributed by atoms with E-state index in [0.717, 1.165) is 12.4 Å². The van der Waals surface area contributed by atoms with Gasteiger partial charge in [-0.2, -0.15) is 0 Å². The standard InChI is InChI=1S/C13H20O/c1-6-14-11-8-7-10(2)12(9-11)13(3,4)5/h7-9H,6H2,1-5H3. The Morgan fingerprint density at radius 1 is 1.21 bits per heavy atom. The normalized spacial score (nSPS) is 11.5. The maximum Gasteiger partial charge on any atom is 0.119 e. The third-order valence-electron chi connectivity index (χ3n) is 2.33. The van der Waals surface area contributed by atoms with Crippen LogP contribution in [0.15, 0.2) is 18.2 Å². The molecule has 0 aliphatic heterocycles. The van der Waals surface area contributed by atoms with Crippen molar-refractivity contribution in [2.45, 2.75) is 40.0 Å². The third kappa shape index (κ3) is 2.50. The van der Waals surface area contributed by atoms with Gasteiger partial charge in [0.1, 0.15) is 5.75 Å². The van der Waals surface area contributed by atoms with Crippen molar-refractivity contribution in [2.75, 3.05) is 6.61 Å². The SMILES string of the molecule is CCOc1ccc(C)c(C(C)(C)C)c1. The number of benzene rings is 1. The molecular formula is C13H20O. The van der Waals surface area contributed by atoms with E-state index < -0.39 is 0 Å². The predicted molar refractivity (Wildman–Crippen MR) is 61.0 cm³/mol. The summed E-state index contributed by atoms with van der Waals surface area (Å²) in [4.78, 5) is 0. The molecule has 14 heavy (non-hydrogen) atoms. The molecule has 0 aliphatic carbocycles. The molecule has 0 radical (unpaired) electrons. The van der Waals surface area contributed by atoms with Crippen LogP contribution in [0.5, 0.6) is 5.75 Å². The molecule has 0 saturated carbocycles. The molecule has 0 saturated heterocycles. The molecule has 1 aromatic rings. The van der Waals surface area contributed by atoms with Crippen LogP contribution >= 0.6 is 0 Å². The number of aryl methyl sites for hydroxylation is 1. The summed E-state index contributed by atoms with van der Waals surface area (Å²) >= 11 is 0. The summed E-state index contributed by atoms with van der Waals surface area (Å²) in [5, 5.41) is 0. The van der Waals surface area contributed by atoms with Crippen molar-refractivity contribution in [1.82, 2.24) is 0 Å². The second-order valence-corrected chi connectivity index (χ2v) is 4.66. The monoisotopic (exact) mass is 192 g/mol. The maximum absolute atomic E-state index is 5.50. The lowest BCUT2D eigenvalue weighted by Gasteiger charge is -2.22. The van der Waals surface area contributed by atoms with Crippen LogP contribution in [-0.2, 0) is 5.41 Å². The van der Waals surface area contributed by atoms with Crippen molar-refractivity contribution in [2.24, 2.45) is 0 Å². The topological polar surface area (TPSA) is 9.23 Å². The highest BCUT2D eigenvalue weighted by atomic mass is 16.5. The summed E-state index contributed by atoms with van der Waals surface area (Å²) in [6, 6.07) is 6.32. The zero-order valence-corrected chi connectivity index (χ0v) is 9.85. The average Bonchev–Trinajstić information content (AvgIpc) is 2.07. The molecule has 0 heterocycles. The van der Waals surface area contributed by atoms with E-state index >= 15 is 0 Å². The summed E-state index contributed by atoms with van der Waals surface area (Å²) < 4.78 is 5.50. The molecule has 0 aliphatic rings. The Morgan fingerprint density at radius 3 is 2.36 bits per heavy atom. The Balaban J connectivity index is 3.09. The van der Waals surface area contributed by atoms with E-state index in [1.54, 1.807) is 0 Å². The van der Waals surface area contributed by atoms with Gasteiger partial charge in [0.2, 0.25) is 0 Å². The first kappa shape index (κ1) is 11.1. The molecule has 1 aromatic carbocycles. The summed E-state index contributed by atoms with van der Waals surface area (Å²) in [5.41, 5.74) is 2.89. The van der Waals surface area contributed by atoms with Gasteiger partial charge in [0.15, 0.2) is 0 Å². The van der Waals surface area contributed by atoms with Crippen LogP contribution in [0.25, 0.3) is 0 Å². The Morgan fingerprint density at radius 2 is 1.86 bits per heavy atom. The van der Waals surface area contributed by atoms with Crippen LogP contribution in [0.2, 0.25) is 0 Å². The maximum atomic E-state index is 5.50. The molecule has 0 fully saturated rings. The van der Waals surface area contributed by atoms with Gasteiger partial charge in [0.25, 0.3) is 0 Å². The predicted octanol–water partition coefficient (Wildman–Crippen LogP) is 3.69. The van der Waals surface area contributed by atoms with Gasteiger partial charge < -0.3 is 4.74 Å². The molecule has 0 aromatic heterocycles. The van der Waals surface area contributed by atoms with Crippen LogP contribution in [0.4, 0.5) is 0 Å². The van der Waals surface area contributed by atoms with Crippen LogP contribution in [0.3, 0.4) is 0 Å². The summed E-state index contributed by atoms with van der Waals surface area (Å²) in [6.45, 7) is 11.6. The molecule has 0 spiro atoms. The van der Waals surface area contributed by atoms with Crippen molar-refractivity contribution < 1.29 is 4.74 Å². The average molecular weight is 192 g/mol. The Bertz CT molecular complexity index is 308. The van der Waals surface area contributed by atoms with E-state index in [4.69, 9.17) is 4.74 Å². The molecule has 78 valence electrons. The smallest absolute Gasteiger partial charge is 0.119 e. The molecule has 0 bridgehead atoms. The fraction of sp³-hybridized carbons (Fsp3) is 0.538. The Labute approximate surface area is 87.1 Å². The van der Waals surface area contributed by atoms with Crippen LogP contribution in [0, 0.1) is 6.92 Å². The van der Waals surface area contributed by atoms with Crippen LogP contribution < -0.4 is 4.74 Å². The van der Waals surface area contributed by atoms with E-state index in [9.17, 15) is 0 Å². The molecular weight excluding hydrogens is 172 g/mol. The van der Waals surface area contributed by atoms with Crippen molar-refractivity contribution in [3.63, 3.8) is 0 Å². The van der Waals surface area contributed by atoms with E-state index in [-0.39, 0.29) is 5.41 Å². The van der Waals surface area contributed by atoms with Crippen molar-refractivity contribution in [3.8, 4) is 5.75 Å². The van der Waals surface area contributed by atoms with Gasteiger partial charge in [-0.1, -0.05) is 26.8 Å². The number of rotatable bonds is 2. The molecule has 0 atom stereocenters.